The predicted molar refractivity (Wildman–Crippen MR) is 78.2 cm³/mol. The molecule has 0 radical (unpaired) electrons. The maximum absolute atomic E-state index is 11.8. The van der Waals surface area contributed by atoms with Crippen LogP contribution < -0.4 is 0 Å². The molecular weight excluding hydrogens is 276 g/mol. The van der Waals surface area contributed by atoms with Crippen molar-refractivity contribution in [2.45, 2.75) is 26.9 Å². The maximum atomic E-state index is 11.8. The first-order valence-corrected chi connectivity index (χ1v) is 7.85. The van der Waals surface area contributed by atoms with Gasteiger partial charge in [0, 0.05) is 25.0 Å². The minimum Gasteiger partial charge on any atom is -0.458 e. The van der Waals surface area contributed by atoms with Gasteiger partial charge in [-0.2, -0.15) is 0 Å². The minimum absolute atomic E-state index is 0.0359. The molecule has 1 aromatic heterocycles. The molecule has 20 heavy (non-hydrogen) atoms. The summed E-state index contributed by atoms with van der Waals surface area (Å²) in [5, 5.41) is 2.60. The Hall–Kier alpha value is -0.980. The normalized spacial score (nSPS) is 20.3. The lowest BCUT2D eigenvalue weighted by atomic mass is 10.2. The van der Waals surface area contributed by atoms with Crippen molar-refractivity contribution >= 4 is 17.3 Å². The number of hydrogen-bond donors (Lipinski definition) is 0. The number of thiazole rings is 1. The van der Waals surface area contributed by atoms with Crippen LogP contribution in [0.15, 0.2) is 5.38 Å². The summed E-state index contributed by atoms with van der Waals surface area (Å²) in [6, 6.07) is 0. The number of carbonyl (C=O) groups is 1. The van der Waals surface area contributed by atoms with E-state index < -0.39 is 0 Å². The summed E-state index contributed by atoms with van der Waals surface area (Å²) in [7, 11) is 0. The Balaban J connectivity index is 1.77. The minimum atomic E-state index is -0.362. The van der Waals surface area contributed by atoms with Crippen molar-refractivity contribution in [1.82, 2.24) is 9.88 Å². The van der Waals surface area contributed by atoms with Crippen molar-refractivity contribution in [2.75, 3.05) is 32.8 Å². The SMILES string of the molecule is Cc1nc(C(=O)OCC2CN(CC(C)C)CCO2)cs1. The van der Waals surface area contributed by atoms with E-state index in [1.807, 2.05) is 6.92 Å². The molecule has 1 aliphatic rings. The summed E-state index contributed by atoms with van der Waals surface area (Å²) >= 11 is 1.45. The summed E-state index contributed by atoms with van der Waals surface area (Å²) in [6.07, 6.45) is -0.0359. The fraction of sp³-hybridized carbons (Fsp3) is 0.714. The van der Waals surface area contributed by atoms with Crippen molar-refractivity contribution in [3.8, 4) is 0 Å². The monoisotopic (exact) mass is 298 g/mol. The van der Waals surface area contributed by atoms with Crippen LogP contribution >= 0.6 is 11.3 Å². The molecule has 0 bridgehead atoms. The molecule has 1 atom stereocenters. The van der Waals surface area contributed by atoms with Gasteiger partial charge in [-0.1, -0.05) is 13.8 Å². The molecule has 0 N–H and O–H groups in total. The second-order valence-electron chi connectivity index (χ2n) is 5.50. The zero-order valence-corrected chi connectivity index (χ0v) is 13.1. The van der Waals surface area contributed by atoms with Crippen LogP contribution in [0.3, 0.4) is 0 Å². The molecule has 0 saturated carbocycles. The van der Waals surface area contributed by atoms with Crippen molar-refractivity contribution in [2.24, 2.45) is 5.92 Å². The number of aryl methyl sites for hydroxylation is 1. The number of carbonyl (C=O) groups excluding carboxylic acids is 1. The van der Waals surface area contributed by atoms with Crippen LogP contribution in [0.25, 0.3) is 0 Å². The van der Waals surface area contributed by atoms with Gasteiger partial charge >= 0.3 is 5.97 Å². The topological polar surface area (TPSA) is 51.7 Å². The fourth-order valence-corrected chi connectivity index (χ4v) is 2.85. The maximum Gasteiger partial charge on any atom is 0.357 e. The molecule has 0 spiro atoms. The number of rotatable bonds is 5. The Morgan fingerprint density at radius 3 is 3.10 bits per heavy atom. The first kappa shape index (κ1) is 15.4. The Bertz CT molecular complexity index is 447. The fourth-order valence-electron chi connectivity index (χ4n) is 2.26. The van der Waals surface area contributed by atoms with E-state index in [9.17, 15) is 4.79 Å². The van der Waals surface area contributed by atoms with Gasteiger partial charge in [-0.3, -0.25) is 4.90 Å². The summed E-state index contributed by atoms with van der Waals surface area (Å²) in [5.41, 5.74) is 0.391. The van der Waals surface area contributed by atoms with Crippen LogP contribution in [-0.2, 0) is 9.47 Å². The standard InChI is InChI=1S/C14H22N2O3S/c1-10(2)6-16-4-5-18-12(7-16)8-19-14(17)13-9-20-11(3)15-13/h9-10,12H,4-8H2,1-3H3. The van der Waals surface area contributed by atoms with Gasteiger partial charge in [-0.25, -0.2) is 9.78 Å². The quantitative estimate of drug-likeness (QED) is 0.778. The Morgan fingerprint density at radius 1 is 1.65 bits per heavy atom. The highest BCUT2D eigenvalue weighted by Crippen LogP contribution is 2.11. The van der Waals surface area contributed by atoms with Crippen molar-refractivity contribution in [1.29, 1.82) is 0 Å². The van der Waals surface area contributed by atoms with Gasteiger partial charge in [0.2, 0.25) is 0 Å². The van der Waals surface area contributed by atoms with Gasteiger partial charge in [0.05, 0.1) is 11.6 Å². The predicted octanol–water partition coefficient (Wildman–Crippen LogP) is 1.97. The molecular formula is C14H22N2O3S. The van der Waals surface area contributed by atoms with Crippen LogP contribution in [0.1, 0.15) is 29.3 Å². The average Bonchev–Trinajstić information content (AvgIpc) is 2.82. The van der Waals surface area contributed by atoms with Crippen molar-refractivity contribution in [3.63, 3.8) is 0 Å². The third-order valence-corrected chi connectivity index (χ3v) is 3.85. The molecule has 0 aromatic carbocycles. The van der Waals surface area contributed by atoms with E-state index in [0.717, 1.165) is 24.6 Å². The van der Waals surface area contributed by atoms with Crippen LogP contribution in [0.4, 0.5) is 0 Å². The molecule has 0 aliphatic carbocycles. The van der Waals surface area contributed by atoms with E-state index >= 15 is 0 Å². The zero-order valence-electron chi connectivity index (χ0n) is 12.3. The molecule has 1 aromatic rings. The van der Waals surface area contributed by atoms with Crippen molar-refractivity contribution in [3.05, 3.63) is 16.1 Å². The Kier molecular flexibility index (Phi) is 5.51. The highest BCUT2D eigenvalue weighted by atomic mass is 32.1. The number of esters is 1. The summed E-state index contributed by atoms with van der Waals surface area (Å²) in [5.74, 6) is 0.271. The van der Waals surface area contributed by atoms with Crippen LogP contribution in [-0.4, -0.2) is 54.8 Å². The van der Waals surface area contributed by atoms with Crippen LogP contribution in [0, 0.1) is 12.8 Å². The lowest BCUT2D eigenvalue weighted by molar-refractivity contribution is -0.0613. The first-order valence-electron chi connectivity index (χ1n) is 6.98. The molecule has 5 nitrogen and oxygen atoms in total. The summed E-state index contributed by atoms with van der Waals surface area (Å²) < 4.78 is 10.9. The van der Waals surface area contributed by atoms with E-state index in [0.29, 0.717) is 24.8 Å². The van der Waals surface area contributed by atoms with Gasteiger partial charge in [0.15, 0.2) is 5.69 Å². The Morgan fingerprint density at radius 2 is 2.45 bits per heavy atom. The van der Waals surface area contributed by atoms with E-state index in [2.05, 4.69) is 23.7 Å². The molecule has 1 unspecified atom stereocenters. The lowest BCUT2D eigenvalue weighted by Gasteiger charge is -2.33. The molecule has 1 aliphatic heterocycles. The molecule has 2 heterocycles. The van der Waals surface area contributed by atoms with E-state index in [-0.39, 0.29) is 12.1 Å². The molecule has 1 saturated heterocycles. The highest BCUT2D eigenvalue weighted by Gasteiger charge is 2.23. The number of morpholine rings is 1. The van der Waals surface area contributed by atoms with Gasteiger partial charge in [-0.15, -0.1) is 11.3 Å². The van der Waals surface area contributed by atoms with Gasteiger partial charge in [-0.05, 0) is 12.8 Å². The summed E-state index contributed by atoms with van der Waals surface area (Å²) in [4.78, 5) is 18.3. The average molecular weight is 298 g/mol. The number of ether oxygens (including phenoxy) is 2. The highest BCUT2D eigenvalue weighted by molar-refractivity contribution is 7.09. The van der Waals surface area contributed by atoms with Gasteiger partial charge in [0.25, 0.3) is 0 Å². The number of aromatic nitrogens is 1. The van der Waals surface area contributed by atoms with E-state index in [1.54, 1.807) is 5.38 Å². The molecule has 112 valence electrons. The number of hydrogen-bond acceptors (Lipinski definition) is 6. The Labute approximate surface area is 123 Å². The summed E-state index contributed by atoms with van der Waals surface area (Å²) in [6.45, 7) is 10.1. The van der Waals surface area contributed by atoms with Crippen LogP contribution in [0.2, 0.25) is 0 Å². The zero-order chi connectivity index (χ0) is 14.5. The molecule has 1 fully saturated rings. The smallest absolute Gasteiger partial charge is 0.357 e. The second kappa shape index (κ2) is 7.15. The third kappa shape index (κ3) is 4.54. The molecule has 6 heteroatoms. The molecule has 0 amide bonds. The van der Waals surface area contributed by atoms with Crippen LogP contribution in [0.5, 0.6) is 0 Å². The first-order chi connectivity index (χ1) is 9.54. The lowest BCUT2D eigenvalue weighted by Crippen LogP contribution is -2.45. The molecule has 2 rings (SSSR count). The van der Waals surface area contributed by atoms with Crippen molar-refractivity contribution < 1.29 is 14.3 Å². The second-order valence-corrected chi connectivity index (χ2v) is 6.56. The number of nitrogens with zero attached hydrogens (tertiary/aromatic N) is 2. The van der Waals surface area contributed by atoms with E-state index in [4.69, 9.17) is 9.47 Å². The largest absolute Gasteiger partial charge is 0.458 e. The van der Waals surface area contributed by atoms with Gasteiger partial charge < -0.3 is 9.47 Å². The van der Waals surface area contributed by atoms with E-state index in [1.165, 1.54) is 11.3 Å². The van der Waals surface area contributed by atoms with Gasteiger partial charge in [0.1, 0.15) is 12.7 Å². The third-order valence-electron chi connectivity index (χ3n) is 3.07.